The molecule has 0 spiro atoms. The van der Waals surface area contributed by atoms with Crippen molar-refractivity contribution >= 4 is 16.7 Å². The van der Waals surface area contributed by atoms with Crippen LogP contribution in [-0.4, -0.2) is 75.2 Å². The number of hydrogen-bond donors (Lipinski definition) is 7. The number of carbonyl (C=O) groups is 1. The van der Waals surface area contributed by atoms with E-state index in [4.69, 9.17) is 43.7 Å². The Labute approximate surface area is 137 Å². The number of nitrogens with two attached hydrogens (primary N) is 1. The van der Waals surface area contributed by atoms with Crippen LogP contribution in [0.1, 0.15) is 0 Å². The number of aldehydes is 1. The molecule has 8 N–H and O–H groups in total. The molecule has 0 rings (SSSR count). The Morgan fingerprint density at radius 3 is 1.63 bits per heavy atom. The van der Waals surface area contributed by atoms with Gasteiger partial charge in [-0.05, 0) is 0 Å². The summed E-state index contributed by atoms with van der Waals surface area (Å²) in [5.74, 6) is 0. The van der Waals surface area contributed by atoms with Crippen LogP contribution in [0.25, 0.3) is 0 Å². The zero-order valence-corrected chi connectivity index (χ0v) is 13.4. The Morgan fingerprint density at radius 1 is 1.11 bits per heavy atom. The monoisotopic (exact) mass is 335 g/mol. The number of carbonyl (C=O) groups excluding carboxylic acids is 1. The molecule has 0 amide bonds. The minimum absolute atomic E-state index is 0. The van der Waals surface area contributed by atoms with Gasteiger partial charge in [0.05, 0.1) is 12.6 Å². The van der Waals surface area contributed by atoms with Gasteiger partial charge in [0.2, 0.25) is 0 Å². The van der Waals surface area contributed by atoms with Crippen molar-refractivity contribution in [2.24, 2.45) is 5.73 Å². The van der Waals surface area contributed by atoms with E-state index >= 15 is 0 Å². The van der Waals surface area contributed by atoms with Gasteiger partial charge in [0.25, 0.3) is 0 Å². The molecule has 112 valence electrons. The van der Waals surface area contributed by atoms with Crippen LogP contribution >= 0.6 is 0 Å². The SMILES string of the molecule is NC(C=O)C(O)C(O)C(O)CO.O=S(=O)(O)O.[Cl-].[Na+]. The predicted molar refractivity (Wildman–Crippen MR) is 53.3 cm³/mol. The minimum atomic E-state index is -4.67. The maximum Gasteiger partial charge on any atom is 1.00 e. The first-order valence-corrected chi connectivity index (χ1v) is 5.50. The molecule has 10 nitrogen and oxygen atoms in total. The first-order valence-electron chi connectivity index (χ1n) is 4.10. The third kappa shape index (κ3) is 18.6. The second kappa shape index (κ2) is 13.6. The van der Waals surface area contributed by atoms with E-state index < -0.39 is 41.4 Å². The maximum atomic E-state index is 10.0. The van der Waals surface area contributed by atoms with Crippen molar-refractivity contribution in [2.45, 2.75) is 24.4 Å². The van der Waals surface area contributed by atoms with Crippen LogP contribution in [0, 0.1) is 0 Å². The molecular formula is C6H15ClNNaO9S. The van der Waals surface area contributed by atoms with Gasteiger partial charge in [-0.15, -0.1) is 0 Å². The van der Waals surface area contributed by atoms with E-state index in [1.165, 1.54) is 0 Å². The fraction of sp³-hybridized carbons (Fsp3) is 0.833. The second-order valence-electron chi connectivity index (χ2n) is 2.89. The molecule has 4 atom stereocenters. The fourth-order valence-corrected chi connectivity index (χ4v) is 0.644. The molecule has 0 aromatic rings. The van der Waals surface area contributed by atoms with E-state index in [0.29, 0.717) is 0 Å². The van der Waals surface area contributed by atoms with Gasteiger partial charge in [-0.1, -0.05) is 0 Å². The summed E-state index contributed by atoms with van der Waals surface area (Å²) in [7, 11) is -4.67. The summed E-state index contributed by atoms with van der Waals surface area (Å²) in [6.07, 6.45) is -4.43. The molecule has 4 unspecified atom stereocenters. The van der Waals surface area contributed by atoms with E-state index in [9.17, 15) is 4.79 Å². The van der Waals surface area contributed by atoms with Crippen molar-refractivity contribution in [2.75, 3.05) is 6.61 Å². The normalized spacial score (nSPS) is 16.4. The third-order valence-electron chi connectivity index (χ3n) is 1.48. The number of hydrogen-bond acceptors (Lipinski definition) is 8. The topological polar surface area (TPSA) is 199 Å². The Balaban J connectivity index is -0.000000139. The van der Waals surface area contributed by atoms with Crippen molar-refractivity contribution in [1.82, 2.24) is 0 Å². The van der Waals surface area contributed by atoms with Gasteiger partial charge in [0, 0.05) is 0 Å². The molecule has 0 bridgehead atoms. The van der Waals surface area contributed by atoms with E-state index in [0.717, 1.165) is 0 Å². The number of halogens is 1. The third-order valence-corrected chi connectivity index (χ3v) is 1.48. The first-order chi connectivity index (χ1) is 7.54. The second-order valence-corrected chi connectivity index (χ2v) is 3.79. The average molecular weight is 336 g/mol. The fourth-order valence-electron chi connectivity index (χ4n) is 0.644. The van der Waals surface area contributed by atoms with Crippen molar-refractivity contribution in [3.8, 4) is 0 Å². The summed E-state index contributed by atoms with van der Waals surface area (Å²) in [5, 5.41) is 35.2. The number of aliphatic hydroxyl groups excluding tert-OH is 4. The molecule has 0 aliphatic carbocycles. The molecule has 0 saturated heterocycles. The zero-order chi connectivity index (χ0) is 14.2. The largest absolute Gasteiger partial charge is 1.00 e. The van der Waals surface area contributed by atoms with Crippen LogP contribution in [0.2, 0.25) is 0 Å². The van der Waals surface area contributed by atoms with Gasteiger partial charge in [-0.25, -0.2) is 0 Å². The molecule has 19 heavy (non-hydrogen) atoms. The average Bonchev–Trinajstić information content (AvgIpc) is 2.22. The van der Waals surface area contributed by atoms with Crippen LogP contribution in [0.4, 0.5) is 0 Å². The zero-order valence-electron chi connectivity index (χ0n) is 9.87. The van der Waals surface area contributed by atoms with E-state index in [2.05, 4.69) is 0 Å². The molecule has 0 radical (unpaired) electrons. The first kappa shape index (κ1) is 27.9. The summed E-state index contributed by atoms with van der Waals surface area (Å²) < 4.78 is 31.6. The molecule has 0 aliphatic heterocycles. The van der Waals surface area contributed by atoms with Crippen molar-refractivity contribution in [1.29, 1.82) is 0 Å². The van der Waals surface area contributed by atoms with Gasteiger partial charge in [-0.2, -0.15) is 8.42 Å². The quantitative estimate of drug-likeness (QED) is 0.144. The van der Waals surface area contributed by atoms with Crippen molar-refractivity contribution in [3.63, 3.8) is 0 Å². The van der Waals surface area contributed by atoms with E-state index in [1.807, 2.05) is 0 Å². The van der Waals surface area contributed by atoms with E-state index in [-0.39, 0.29) is 48.3 Å². The molecule has 0 aromatic carbocycles. The van der Waals surface area contributed by atoms with Crippen molar-refractivity contribution in [3.05, 3.63) is 0 Å². The van der Waals surface area contributed by atoms with Gasteiger partial charge in [0.15, 0.2) is 0 Å². The molecule has 0 aromatic heterocycles. The Hall–Kier alpha value is 0.630. The smallest absolute Gasteiger partial charge is 1.00 e. The van der Waals surface area contributed by atoms with E-state index in [1.54, 1.807) is 0 Å². The molecule has 13 heteroatoms. The standard InChI is InChI=1S/C6H13NO5.ClH.Na.H2O4S/c7-3(1-8)5(11)6(12)4(10)2-9;;;1-5(2,3)4/h1,3-6,9-12H,2,7H2;1H;;(H2,1,2,3,4)/q;;+1;/p-1. The van der Waals surface area contributed by atoms with Gasteiger partial charge < -0.3 is 43.4 Å². The predicted octanol–water partition coefficient (Wildman–Crippen LogP) is -10.1. The van der Waals surface area contributed by atoms with Crippen LogP contribution in [-0.2, 0) is 15.2 Å². The number of aliphatic hydroxyl groups is 4. The maximum absolute atomic E-state index is 10.0. The summed E-state index contributed by atoms with van der Waals surface area (Å²) in [6, 6.07) is -1.26. The Bertz CT molecular complexity index is 308. The van der Waals surface area contributed by atoms with Crippen LogP contribution in [0.3, 0.4) is 0 Å². The van der Waals surface area contributed by atoms with Crippen LogP contribution in [0.5, 0.6) is 0 Å². The minimum Gasteiger partial charge on any atom is -1.00 e. The molecule has 0 heterocycles. The Morgan fingerprint density at radius 2 is 1.42 bits per heavy atom. The van der Waals surface area contributed by atoms with Gasteiger partial charge in [0.1, 0.15) is 24.6 Å². The molecule has 0 fully saturated rings. The van der Waals surface area contributed by atoms with Crippen LogP contribution < -0.4 is 47.7 Å². The summed E-state index contributed by atoms with van der Waals surface area (Å²) in [4.78, 5) is 10.0. The molecular weight excluding hydrogens is 321 g/mol. The molecule has 0 saturated carbocycles. The van der Waals surface area contributed by atoms with Crippen molar-refractivity contribution < 1.29 is 84.7 Å². The summed E-state index contributed by atoms with van der Waals surface area (Å²) in [5.41, 5.74) is 5.04. The van der Waals surface area contributed by atoms with Gasteiger partial charge >= 0.3 is 40.0 Å². The summed E-state index contributed by atoms with van der Waals surface area (Å²) >= 11 is 0. The molecule has 0 aliphatic rings. The summed E-state index contributed by atoms with van der Waals surface area (Å²) in [6.45, 7) is -0.705. The van der Waals surface area contributed by atoms with Gasteiger partial charge in [-0.3, -0.25) is 9.11 Å². The number of rotatable bonds is 5. The van der Waals surface area contributed by atoms with Crippen LogP contribution in [0.15, 0.2) is 0 Å². The Kier molecular flexibility index (Phi) is 20.0.